The quantitative estimate of drug-likeness (QED) is 0.390. The standard InChI is InChI=1S/C13H12O6S.Na/c1-18-12-9-6-4-3-5-8(9)11(20(15,16)17)7-10(12)13(14)19-2;/h3-7H,1-2H3,(H,15,16,17);/q;+1/p-1. The first-order valence-electron chi connectivity index (χ1n) is 5.54. The average Bonchev–Trinajstić information content (AvgIpc) is 2.43. The molecule has 0 atom stereocenters. The van der Waals surface area contributed by atoms with Gasteiger partial charge in [0, 0.05) is 10.8 Å². The largest absolute Gasteiger partial charge is 1.00 e. The topological polar surface area (TPSA) is 92.7 Å². The Kier molecular flexibility index (Phi) is 5.77. The first kappa shape index (κ1) is 17.9. The van der Waals surface area contributed by atoms with Crippen LogP contribution in [0.25, 0.3) is 10.8 Å². The van der Waals surface area contributed by atoms with E-state index in [-0.39, 0.29) is 46.3 Å². The predicted molar refractivity (Wildman–Crippen MR) is 69.8 cm³/mol. The molecule has 2 aromatic carbocycles. The fourth-order valence-electron chi connectivity index (χ4n) is 2.00. The molecule has 0 aliphatic heterocycles. The monoisotopic (exact) mass is 318 g/mol. The minimum Gasteiger partial charge on any atom is -0.744 e. The summed E-state index contributed by atoms with van der Waals surface area (Å²) in [6.45, 7) is 0. The van der Waals surface area contributed by atoms with E-state index in [2.05, 4.69) is 4.74 Å². The van der Waals surface area contributed by atoms with Crippen LogP contribution in [0.4, 0.5) is 0 Å². The third-order valence-electron chi connectivity index (χ3n) is 2.84. The van der Waals surface area contributed by atoms with Crippen molar-refractivity contribution in [2.24, 2.45) is 0 Å². The smallest absolute Gasteiger partial charge is 0.744 e. The van der Waals surface area contributed by atoms with Crippen LogP contribution in [0.5, 0.6) is 5.75 Å². The number of fused-ring (bicyclic) bond motifs is 1. The van der Waals surface area contributed by atoms with Gasteiger partial charge < -0.3 is 14.0 Å². The van der Waals surface area contributed by atoms with Crippen LogP contribution < -0.4 is 34.3 Å². The number of carbonyl (C=O) groups is 1. The van der Waals surface area contributed by atoms with E-state index in [4.69, 9.17) is 4.74 Å². The van der Waals surface area contributed by atoms with Gasteiger partial charge in [0.15, 0.2) is 0 Å². The Morgan fingerprint density at radius 2 is 1.71 bits per heavy atom. The van der Waals surface area contributed by atoms with E-state index in [9.17, 15) is 17.8 Å². The SMILES string of the molecule is COC(=O)c1cc(S(=O)(=O)[O-])c2ccccc2c1OC.[Na+]. The van der Waals surface area contributed by atoms with Crippen molar-refractivity contribution in [1.82, 2.24) is 0 Å². The molecule has 0 amide bonds. The molecule has 0 unspecified atom stereocenters. The number of benzene rings is 2. The van der Waals surface area contributed by atoms with E-state index in [1.165, 1.54) is 13.2 Å². The third-order valence-corrected chi connectivity index (χ3v) is 3.71. The Morgan fingerprint density at radius 1 is 1.14 bits per heavy atom. The van der Waals surface area contributed by atoms with Crippen molar-refractivity contribution in [2.75, 3.05) is 14.2 Å². The third kappa shape index (κ3) is 3.38. The molecule has 2 rings (SSSR count). The Morgan fingerprint density at radius 3 is 2.19 bits per heavy atom. The van der Waals surface area contributed by atoms with Crippen molar-refractivity contribution in [2.45, 2.75) is 4.90 Å². The molecule has 0 saturated heterocycles. The summed E-state index contributed by atoms with van der Waals surface area (Å²) in [4.78, 5) is 11.2. The van der Waals surface area contributed by atoms with Crippen molar-refractivity contribution >= 4 is 26.9 Å². The van der Waals surface area contributed by atoms with Crippen molar-refractivity contribution < 1.29 is 56.8 Å². The summed E-state index contributed by atoms with van der Waals surface area (Å²) in [7, 11) is -2.23. The molecule has 0 radical (unpaired) electrons. The van der Waals surface area contributed by atoms with Crippen LogP contribution in [0, 0.1) is 0 Å². The van der Waals surface area contributed by atoms with E-state index in [1.54, 1.807) is 18.2 Å². The molecule has 0 spiro atoms. The Balaban J connectivity index is 0.00000220. The van der Waals surface area contributed by atoms with Crippen molar-refractivity contribution in [3.05, 3.63) is 35.9 Å². The maximum absolute atomic E-state index is 11.7. The van der Waals surface area contributed by atoms with E-state index < -0.39 is 21.0 Å². The number of methoxy groups -OCH3 is 2. The summed E-state index contributed by atoms with van der Waals surface area (Å²) in [5.74, 6) is -0.614. The Hall–Kier alpha value is -1.12. The predicted octanol–water partition coefficient (Wildman–Crippen LogP) is -1.46. The van der Waals surface area contributed by atoms with Gasteiger partial charge in [-0.3, -0.25) is 0 Å². The first-order valence-corrected chi connectivity index (χ1v) is 6.95. The van der Waals surface area contributed by atoms with Gasteiger partial charge in [-0.25, -0.2) is 13.2 Å². The minimum absolute atomic E-state index is 0. The number of esters is 1. The van der Waals surface area contributed by atoms with E-state index >= 15 is 0 Å². The summed E-state index contributed by atoms with van der Waals surface area (Å²) in [6, 6.07) is 7.26. The number of carbonyl (C=O) groups excluding carboxylic acids is 1. The zero-order valence-corrected chi connectivity index (χ0v) is 14.6. The van der Waals surface area contributed by atoms with Gasteiger partial charge >= 0.3 is 35.5 Å². The molecular weight excluding hydrogens is 307 g/mol. The zero-order valence-electron chi connectivity index (χ0n) is 11.7. The molecule has 0 fully saturated rings. The molecule has 0 aliphatic carbocycles. The van der Waals surface area contributed by atoms with Gasteiger partial charge in [-0.15, -0.1) is 0 Å². The van der Waals surface area contributed by atoms with Gasteiger partial charge in [0.25, 0.3) is 0 Å². The van der Waals surface area contributed by atoms with Gasteiger partial charge in [0.2, 0.25) is 0 Å². The van der Waals surface area contributed by atoms with Crippen LogP contribution >= 0.6 is 0 Å². The average molecular weight is 318 g/mol. The number of hydrogen-bond acceptors (Lipinski definition) is 6. The zero-order chi connectivity index (χ0) is 14.9. The first-order chi connectivity index (χ1) is 9.40. The molecule has 0 N–H and O–H groups in total. The van der Waals surface area contributed by atoms with Crippen LogP contribution in [0.1, 0.15) is 10.4 Å². The molecule has 0 saturated carbocycles. The van der Waals surface area contributed by atoms with E-state index in [0.717, 1.165) is 13.2 Å². The van der Waals surface area contributed by atoms with Crippen LogP contribution in [0.3, 0.4) is 0 Å². The van der Waals surface area contributed by atoms with Gasteiger partial charge in [-0.1, -0.05) is 24.3 Å². The minimum atomic E-state index is -4.73. The summed E-state index contributed by atoms with van der Waals surface area (Å²) < 4.78 is 43.8. The Labute approximate surface area is 144 Å². The second-order valence-electron chi connectivity index (χ2n) is 3.95. The summed E-state index contributed by atoms with van der Waals surface area (Å²) in [6.07, 6.45) is 0. The molecule has 0 heterocycles. The fourth-order valence-corrected chi connectivity index (χ4v) is 2.71. The van der Waals surface area contributed by atoms with Gasteiger partial charge in [-0.2, -0.15) is 0 Å². The van der Waals surface area contributed by atoms with Gasteiger partial charge in [0.05, 0.1) is 19.1 Å². The Bertz CT molecular complexity index is 785. The summed E-state index contributed by atoms with van der Waals surface area (Å²) >= 11 is 0. The number of rotatable bonds is 3. The van der Waals surface area contributed by atoms with E-state index in [1.807, 2.05) is 0 Å². The van der Waals surface area contributed by atoms with Crippen molar-refractivity contribution in [1.29, 1.82) is 0 Å². The number of ether oxygens (including phenoxy) is 2. The normalized spacial score (nSPS) is 10.8. The van der Waals surface area contributed by atoms with Gasteiger partial charge in [0.1, 0.15) is 21.4 Å². The maximum atomic E-state index is 11.7. The molecular formula is C13H11NaO6S. The van der Waals surface area contributed by atoms with Crippen LogP contribution in [-0.4, -0.2) is 33.2 Å². The fraction of sp³-hybridized carbons (Fsp3) is 0.154. The molecule has 2 aromatic rings. The summed E-state index contributed by atoms with van der Waals surface area (Å²) in [5.41, 5.74) is -0.108. The van der Waals surface area contributed by atoms with Crippen LogP contribution in [0.2, 0.25) is 0 Å². The second-order valence-corrected chi connectivity index (χ2v) is 5.29. The molecule has 106 valence electrons. The van der Waals surface area contributed by atoms with Crippen molar-refractivity contribution in [3.8, 4) is 5.75 Å². The molecule has 8 heteroatoms. The molecule has 0 bridgehead atoms. The van der Waals surface area contributed by atoms with E-state index in [0.29, 0.717) is 5.39 Å². The van der Waals surface area contributed by atoms with Crippen LogP contribution in [0.15, 0.2) is 35.2 Å². The summed E-state index contributed by atoms with van der Waals surface area (Å²) in [5, 5.41) is 0.555. The molecule has 0 aliphatic rings. The van der Waals surface area contributed by atoms with Gasteiger partial charge in [-0.05, 0) is 6.07 Å². The molecule has 0 aromatic heterocycles. The van der Waals surface area contributed by atoms with Crippen molar-refractivity contribution in [3.63, 3.8) is 0 Å². The molecule has 21 heavy (non-hydrogen) atoms. The molecule has 6 nitrogen and oxygen atoms in total. The van der Waals surface area contributed by atoms with Crippen LogP contribution in [-0.2, 0) is 14.9 Å². The second kappa shape index (κ2) is 6.76. The number of hydrogen-bond donors (Lipinski definition) is 0. The maximum Gasteiger partial charge on any atom is 1.00 e.